The molecule has 0 radical (unpaired) electrons. The van der Waals surface area contributed by atoms with Gasteiger partial charge < -0.3 is 24.8 Å². The zero-order valence-corrected chi connectivity index (χ0v) is 13.7. The quantitative estimate of drug-likeness (QED) is 0.865. The largest absolute Gasteiger partial charge is 0.493 e. The van der Waals surface area contributed by atoms with Crippen molar-refractivity contribution >= 4 is 29.0 Å². The molecule has 0 aliphatic rings. The van der Waals surface area contributed by atoms with E-state index in [9.17, 15) is 4.79 Å². The van der Waals surface area contributed by atoms with Gasteiger partial charge in [-0.1, -0.05) is 11.6 Å². The van der Waals surface area contributed by atoms with Crippen molar-refractivity contribution in [3.8, 4) is 17.2 Å². The number of carbonyl (C=O) groups is 1. The molecular weight excluding hydrogens is 320 g/mol. The van der Waals surface area contributed by atoms with E-state index in [1.165, 1.54) is 21.3 Å². The molecule has 0 fully saturated rings. The van der Waals surface area contributed by atoms with Gasteiger partial charge in [0, 0.05) is 22.8 Å². The van der Waals surface area contributed by atoms with Crippen LogP contribution in [0.2, 0.25) is 5.02 Å². The zero-order valence-electron chi connectivity index (χ0n) is 13.0. The van der Waals surface area contributed by atoms with E-state index in [2.05, 4.69) is 10.6 Å². The standard InChI is InChI=1S/C16H17ClN2O4/c1-21-13-8-12(9-14(22-2)15(13)23-3)19-16(20)18-11-6-4-10(17)5-7-11/h4-9H,1-3H3,(H2,18,19,20). The normalized spacial score (nSPS) is 9.91. The number of methoxy groups -OCH3 is 3. The molecule has 2 amide bonds. The number of halogens is 1. The Morgan fingerprint density at radius 3 is 1.87 bits per heavy atom. The van der Waals surface area contributed by atoms with E-state index in [-0.39, 0.29) is 0 Å². The highest BCUT2D eigenvalue weighted by molar-refractivity contribution is 6.30. The minimum atomic E-state index is -0.401. The third kappa shape index (κ3) is 4.20. The molecule has 0 bridgehead atoms. The Bertz CT molecular complexity index is 664. The van der Waals surface area contributed by atoms with Crippen LogP contribution in [0.5, 0.6) is 17.2 Å². The molecule has 2 aromatic rings. The Labute approximate surface area is 139 Å². The van der Waals surface area contributed by atoms with Crippen molar-refractivity contribution in [1.29, 1.82) is 0 Å². The van der Waals surface area contributed by atoms with Gasteiger partial charge in [0.05, 0.1) is 27.0 Å². The van der Waals surface area contributed by atoms with Crippen LogP contribution in [0.25, 0.3) is 0 Å². The second-order valence-corrected chi connectivity index (χ2v) is 4.94. The molecule has 0 unspecified atom stereocenters. The second-order valence-electron chi connectivity index (χ2n) is 4.50. The first-order valence-corrected chi connectivity index (χ1v) is 7.08. The van der Waals surface area contributed by atoms with E-state index in [1.807, 2.05) is 0 Å². The van der Waals surface area contributed by atoms with Gasteiger partial charge in [-0.3, -0.25) is 0 Å². The van der Waals surface area contributed by atoms with Gasteiger partial charge >= 0.3 is 6.03 Å². The summed E-state index contributed by atoms with van der Waals surface area (Å²) in [5, 5.41) is 6.00. The number of benzene rings is 2. The lowest BCUT2D eigenvalue weighted by Crippen LogP contribution is -2.19. The van der Waals surface area contributed by atoms with Gasteiger partial charge in [-0.2, -0.15) is 0 Å². The third-order valence-electron chi connectivity index (χ3n) is 3.02. The molecule has 0 aliphatic carbocycles. The van der Waals surface area contributed by atoms with Crippen molar-refractivity contribution in [3.05, 3.63) is 41.4 Å². The monoisotopic (exact) mass is 336 g/mol. The lowest BCUT2D eigenvalue weighted by atomic mass is 10.2. The fourth-order valence-corrected chi connectivity index (χ4v) is 2.11. The molecule has 0 atom stereocenters. The van der Waals surface area contributed by atoms with E-state index in [0.717, 1.165) is 0 Å². The summed E-state index contributed by atoms with van der Waals surface area (Å²) in [7, 11) is 4.53. The number of amides is 2. The zero-order chi connectivity index (χ0) is 16.8. The molecular formula is C16H17ClN2O4. The van der Waals surface area contributed by atoms with Gasteiger partial charge in [-0.25, -0.2) is 4.79 Å². The summed E-state index contributed by atoms with van der Waals surface area (Å²) < 4.78 is 15.7. The molecule has 122 valence electrons. The van der Waals surface area contributed by atoms with Crippen molar-refractivity contribution in [2.24, 2.45) is 0 Å². The first-order chi connectivity index (χ1) is 11.1. The van der Waals surface area contributed by atoms with E-state index < -0.39 is 6.03 Å². The summed E-state index contributed by atoms with van der Waals surface area (Å²) in [5.74, 6) is 1.36. The summed E-state index contributed by atoms with van der Waals surface area (Å²) in [5.41, 5.74) is 1.13. The molecule has 7 heteroatoms. The Morgan fingerprint density at radius 2 is 1.39 bits per heavy atom. The molecule has 2 aromatic carbocycles. The van der Waals surface area contributed by atoms with Crippen LogP contribution in [0.4, 0.5) is 16.2 Å². The van der Waals surface area contributed by atoms with Crippen LogP contribution in [-0.4, -0.2) is 27.4 Å². The molecule has 2 rings (SSSR count). The van der Waals surface area contributed by atoms with Crippen molar-refractivity contribution in [3.63, 3.8) is 0 Å². The molecule has 0 aromatic heterocycles. The number of hydrogen-bond donors (Lipinski definition) is 2. The average molecular weight is 337 g/mol. The van der Waals surface area contributed by atoms with E-state index in [0.29, 0.717) is 33.6 Å². The number of nitrogens with one attached hydrogen (secondary N) is 2. The van der Waals surface area contributed by atoms with Crippen LogP contribution in [-0.2, 0) is 0 Å². The molecule has 0 spiro atoms. The maximum absolute atomic E-state index is 12.1. The van der Waals surface area contributed by atoms with Crippen LogP contribution >= 0.6 is 11.6 Å². The predicted octanol–water partition coefficient (Wildman–Crippen LogP) is 4.01. The molecule has 6 nitrogen and oxygen atoms in total. The molecule has 0 saturated heterocycles. The summed E-state index contributed by atoms with van der Waals surface area (Å²) in [6.45, 7) is 0. The Kier molecular flexibility index (Phi) is 5.54. The van der Waals surface area contributed by atoms with Gasteiger partial charge in [0.25, 0.3) is 0 Å². The number of hydrogen-bond acceptors (Lipinski definition) is 4. The maximum Gasteiger partial charge on any atom is 0.323 e. The number of urea groups is 1. The summed E-state index contributed by atoms with van der Waals surface area (Å²) in [4.78, 5) is 12.1. The highest BCUT2D eigenvalue weighted by atomic mass is 35.5. The lowest BCUT2D eigenvalue weighted by molar-refractivity contribution is 0.262. The topological polar surface area (TPSA) is 68.8 Å². The van der Waals surface area contributed by atoms with Crippen LogP contribution in [0.3, 0.4) is 0 Å². The second kappa shape index (κ2) is 7.60. The van der Waals surface area contributed by atoms with Crippen molar-refractivity contribution in [2.45, 2.75) is 0 Å². The van der Waals surface area contributed by atoms with Crippen LogP contribution < -0.4 is 24.8 Å². The minimum Gasteiger partial charge on any atom is -0.493 e. The summed E-state index contributed by atoms with van der Waals surface area (Å²) in [6.07, 6.45) is 0. The van der Waals surface area contributed by atoms with Crippen LogP contribution in [0.1, 0.15) is 0 Å². The average Bonchev–Trinajstić information content (AvgIpc) is 2.55. The molecule has 23 heavy (non-hydrogen) atoms. The van der Waals surface area contributed by atoms with E-state index >= 15 is 0 Å². The molecule has 2 N–H and O–H groups in total. The van der Waals surface area contributed by atoms with Gasteiger partial charge in [0.15, 0.2) is 11.5 Å². The highest BCUT2D eigenvalue weighted by Gasteiger charge is 2.14. The number of carbonyl (C=O) groups excluding carboxylic acids is 1. The Morgan fingerprint density at radius 1 is 0.870 bits per heavy atom. The first kappa shape index (κ1) is 16.8. The van der Waals surface area contributed by atoms with E-state index in [1.54, 1.807) is 36.4 Å². The Hall–Kier alpha value is -2.60. The van der Waals surface area contributed by atoms with Crippen molar-refractivity contribution in [2.75, 3.05) is 32.0 Å². The summed E-state index contributed by atoms with van der Waals surface area (Å²) >= 11 is 5.81. The maximum atomic E-state index is 12.1. The molecule has 0 saturated carbocycles. The van der Waals surface area contributed by atoms with Crippen molar-refractivity contribution < 1.29 is 19.0 Å². The first-order valence-electron chi connectivity index (χ1n) is 6.71. The highest BCUT2D eigenvalue weighted by Crippen LogP contribution is 2.39. The smallest absolute Gasteiger partial charge is 0.323 e. The minimum absolute atomic E-state index is 0.401. The summed E-state index contributed by atoms with van der Waals surface area (Å²) in [6, 6.07) is 9.68. The SMILES string of the molecule is COc1cc(NC(=O)Nc2ccc(Cl)cc2)cc(OC)c1OC. The number of rotatable bonds is 5. The van der Waals surface area contributed by atoms with Crippen LogP contribution in [0, 0.1) is 0 Å². The fraction of sp³-hybridized carbons (Fsp3) is 0.188. The Balaban J connectivity index is 2.15. The van der Waals surface area contributed by atoms with Gasteiger partial charge in [0.2, 0.25) is 5.75 Å². The number of ether oxygens (including phenoxy) is 3. The third-order valence-corrected chi connectivity index (χ3v) is 3.28. The molecule has 0 aliphatic heterocycles. The van der Waals surface area contributed by atoms with Gasteiger partial charge in [0.1, 0.15) is 0 Å². The predicted molar refractivity (Wildman–Crippen MR) is 90.2 cm³/mol. The number of anilines is 2. The van der Waals surface area contributed by atoms with Gasteiger partial charge in [-0.05, 0) is 24.3 Å². The van der Waals surface area contributed by atoms with Crippen LogP contribution in [0.15, 0.2) is 36.4 Å². The van der Waals surface area contributed by atoms with Gasteiger partial charge in [-0.15, -0.1) is 0 Å². The fourth-order valence-electron chi connectivity index (χ4n) is 1.98. The van der Waals surface area contributed by atoms with E-state index in [4.69, 9.17) is 25.8 Å². The molecule has 0 heterocycles. The van der Waals surface area contributed by atoms with Crippen molar-refractivity contribution in [1.82, 2.24) is 0 Å². The lowest BCUT2D eigenvalue weighted by Gasteiger charge is -2.15.